The summed E-state index contributed by atoms with van der Waals surface area (Å²) in [6.07, 6.45) is 1.16. The molecule has 1 aromatic carbocycles. The summed E-state index contributed by atoms with van der Waals surface area (Å²) in [4.78, 5) is 16.0. The quantitative estimate of drug-likeness (QED) is 0.312. The van der Waals surface area contributed by atoms with Gasteiger partial charge in [0.05, 0.1) is 24.5 Å². The van der Waals surface area contributed by atoms with Crippen LogP contribution in [0.25, 0.3) is 5.52 Å². The number of carbonyl (C=O) groups is 1. The molecule has 1 saturated heterocycles. The Morgan fingerprint density at radius 2 is 2.06 bits per heavy atom. The van der Waals surface area contributed by atoms with Gasteiger partial charge in [-0.1, -0.05) is 25.1 Å². The summed E-state index contributed by atoms with van der Waals surface area (Å²) in [5.74, 6) is 0.308. The maximum Gasteiger partial charge on any atom is 0.459 e. The van der Waals surface area contributed by atoms with Crippen LogP contribution in [0, 0.1) is 5.92 Å². The average Bonchev–Trinajstić information content (AvgIpc) is 3.41. The number of nitrogens with one attached hydrogen (secondary N) is 1. The molecule has 0 radical (unpaired) electrons. The molecule has 0 amide bonds. The first-order valence-corrected chi connectivity index (χ1v) is 13.0. The second-order valence-corrected chi connectivity index (χ2v) is 10.4. The van der Waals surface area contributed by atoms with Gasteiger partial charge in [0.15, 0.2) is 5.82 Å². The van der Waals surface area contributed by atoms with E-state index in [4.69, 9.17) is 24.3 Å². The number of anilines is 1. The van der Waals surface area contributed by atoms with Gasteiger partial charge in [-0.05, 0) is 50.5 Å². The van der Waals surface area contributed by atoms with E-state index < -0.39 is 13.7 Å². The topological polar surface area (TPSA) is 139 Å². The first-order valence-electron chi connectivity index (χ1n) is 11.4. The van der Waals surface area contributed by atoms with Crippen LogP contribution < -0.4 is 15.3 Å². The van der Waals surface area contributed by atoms with E-state index >= 15 is 0 Å². The number of aromatic nitrogens is 3. The second-order valence-electron chi connectivity index (χ2n) is 8.66. The van der Waals surface area contributed by atoms with Crippen molar-refractivity contribution in [2.75, 3.05) is 18.9 Å². The fraction of sp³-hybridized carbons (Fsp3) is 0.435. The van der Waals surface area contributed by atoms with Gasteiger partial charge in [-0.3, -0.25) is 9.32 Å². The zero-order valence-corrected chi connectivity index (χ0v) is 20.8. The van der Waals surface area contributed by atoms with Crippen molar-refractivity contribution in [1.29, 1.82) is 0 Å². The molecule has 0 bridgehead atoms. The lowest BCUT2D eigenvalue weighted by molar-refractivity contribution is -0.145. The monoisotopic (exact) mass is 503 g/mol. The molecule has 35 heavy (non-hydrogen) atoms. The maximum absolute atomic E-state index is 13.5. The van der Waals surface area contributed by atoms with Gasteiger partial charge in [0.2, 0.25) is 0 Å². The minimum Gasteiger partial charge on any atom is -0.462 e. The number of nitrogens with two attached hydrogens (primary N) is 1. The van der Waals surface area contributed by atoms with E-state index in [1.807, 2.05) is 18.2 Å². The number of ether oxygens (including phenoxy) is 2. The van der Waals surface area contributed by atoms with Gasteiger partial charge < -0.3 is 19.7 Å². The van der Waals surface area contributed by atoms with E-state index in [-0.39, 0.29) is 37.4 Å². The molecule has 3 heterocycles. The molecule has 0 spiro atoms. The van der Waals surface area contributed by atoms with Crippen LogP contribution in [0.15, 0.2) is 48.8 Å². The molecule has 0 aliphatic carbocycles. The molecule has 188 valence electrons. The molecule has 4 rings (SSSR count). The van der Waals surface area contributed by atoms with Crippen LogP contribution in [-0.4, -0.2) is 45.9 Å². The number of hydrogen-bond donors (Lipinski definition) is 2. The minimum absolute atomic E-state index is 0.00237. The first kappa shape index (κ1) is 25.1. The lowest BCUT2D eigenvalue weighted by Crippen LogP contribution is -2.28. The lowest BCUT2D eigenvalue weighted by Gasteiger charge is -2.22. The zero-order valence-electron chi connectivity index (χ0n) is 19.9. The molecule has 2 aromatic heterocycles. The Morgan fingerprint density at radius 1 is 1.29 bits per heavy atom. The van der Waals surface area contributed by atoms with Crippen molar-refractivity contribution in [1.82, 2.24) is 19.7 Å². The number of hydrogen-bond acceptors (Lipinski definition) is 9. The van der Waals surface area contributed by atoms with E-state index in [1.54, 1.807) is 42.6 Å². The summed E-state index contributed by atoms with van der Waals surface area (Å²) in [6.45, 7) is 5.20. The first-order chi connectivity index (χ1) is 16.7. The highest BCUT2D eigenvalue weighted by Crippen LogP contribution is 2.46. The van der Waals surface area contributed by atoms with Crippen molar-refractivity contribution < 1.29 is 27.9 Å². The van der Waals surface area contributed by atoms with E-state index in [9.17, 15) is 9.36 Å². The fourth-order valence-corrected chi connectivity index (χ4v) is 5.26. The van der Waals surface area contributed by atoms with Gasteiger partial charge >= 0.3 is 13.7 Å². The number of fused-ring (bicyclic) bond motifs is 1. The standard InChI is InChI=1S/C23H30N5O6P/c1-15(2)32-21(29)12-27-35(30,34-17-7-5-4-6-8-17)31-13-18-11-16(3)22(33-18)19-9-10-20-23(24)25-14-26-28(19)20/h4-10,14-16,18,22H,11-13H2,1-3H3,(H,27,30)(H2,24,25,26)/t16-,18-,22+,35-/m0/s1. The number of rotatable bonds is 10. The summed E-state index contributed by atoms with van der Waals surface area (Å²) < 4.78 is 37.9. The Bertz CT molecular complexity index is 1200. The van der Waals surface area contributed by atoms with Crippen molar-refractivity contribution in [2.45, 2.75) is 45.5 Å². The molecule has 0 saturated carbocycles. The van der Waals surface area contributed by atoms with E-state index in [0.717, 1.165) is 5.69 Å². The van der Waals surface area contributed by atoms with Crippen LogP contribution in [0.4, 0.5) is 5.82 Å². The molecule has 3 N–H and O–H groups in total. The third-order valence-electron chi connectivity index (χ3n) is 5.48. The van der Waals surface area contributed by atoms with Crippen LogP contribution in [0.3, 0.4) is 0 Å². The second kappa shape index (κ2) is 10.7. The van der Waals surface area contributed by atoms with Crippen LogP contribution >= 0.6 is 7.75 Å². The molecule has 4 atom stereocenters. The number of benzene rings is 1. The van der Waals surface area contributed by atoms with Gasteiger partial charge in [0.1, 0.15) is 30.2 Å². The Hall–Kier alpha value is -2.98. The highest BCUT2D eigenvalue weighted by atomic mass is 31.2. The van der Waals surface area contributed by atoms with Crippen LogP contribution in [0.2, 0.25) is 0 Å². The fourth-order valence-electron chi connectivity index (χ4n) is 3.96. The zero-order chi connectivity index (χ0) is 25.0. The number of esters is 1. The molecule has 1 aliphatic rings. The molecule has 1 fully saturated rings. The van der Waals surface area contributed by atoms with Crippen molar-refractivity contribution in [3.05, 3.63) is 54.5 Å². The summed E-state index contributed by atoms with van der Waals surface area (Å²) >= 11 is 0. The van der Waals surface area contributed by atoms with Gasteiger partial charge in [0.25, 0.3) is 0 Å². The van der Waals surface area contributed by atoms with Crippen molar-refractivity contribution in [3.8, 4) is 5.75 Å². The van der Waals surface area contributed by atoms with Gasteiger partial charge in [0, 0.05) is 0 Å². The minimum atomic E-state index is -3.91. The average molecular weight is 503 g/mol. The van der Waals surface area contributed by atoms with Crippen molar-refractivity contribution in [2.24, 2.45) is 5.92 Å². The molecular formula is C23H30N5O6P. The van der Waals surface area contributed by atoms with E-state index in [0.29, 0.717) is 23.5 Å². The van der Waals surface area contributed by atoms with Gasteiger partial charge in [-0.2, -0.15) is 5.10 Å². The molecule has 0 unspecified atom stereocenters. The van der Waals surface area contributed by atoms with E-state index in [2.05, 4.69) is 22.1 Å². The third-order valence-corrected chi connectivity index (χ3v) is 6.96. The molecule has 12 heteroatoms. The highest BCUT2D eigenvalue weighted by Gasteiger charge is 2.38. The Morgan fingerprint density at radius 3 is 2.80 bits per heavy atom. The predicted octanol–water partition coefficient (Wildman–Crippen LogP) is 3.52. The van der Waals surface area contributed by atoms with Crippen molar-refractivity contribution >= 4 is 25.1 Å². The third kappa shape index (κ3) is 6.18. The molecule has 1 aliphatic heterocycles. The van der Waals surface area contributed by atoms with Gasteiger partial charge in [-0.15, -0.1) is 0 Å². The van der Waals surface area contributed by atoms with Crippen LogP contribution in [0.5, 0.6) is 5.75 Å². The van der Waals surface area contributed by atoms with Crippen LogP contribution in [0.1, 0.15) is 39.0 Å². The number of nitrogen functional groups attached to an aromatic ring is 1. The Kier molecular flexibility index (Phi) is 7.71. The summed E-state index contributed by atoms with van der Waals surface area (Å²) in [6, 6.07) is 12.4. The lowest BCUT2D eigenvalue weighted by atomic mass is 10.00. The summed E-state index contributed by atoms with van der Waals surface area (Å²) in [5.41, 5.74) is 7.50. The molecule has 11 nitrogen and oxygen atoms in total. The Labute approximate surface area is 203 Å². The van der Waals surface area contributed by atoms with Crippen LogP contribution in [-0.2, 0) is 23.4 Å². The largest absolute Gasteiger partial charge is 0.462 e. The smallest absolute Gasteiger partial charge is 0.459 e. The Balaban J connectivity index is 1.43. The highest BCUT2D eigenvalue weighted by molar-refractivity contribution is 7.52. The number of nitrogens with zero attached hydrogens (tertiary/aromatic N) is 3. The normalized spacial score (nSPS) is 21.8. The SMILES string of the molecule is CC(C)OC(=O)CN[P@](=O)(OC[C@@H]1C[C@H](C)[C@H](c2ccc3c(N)ncnn23)O1)Oc1ccccc1. The maximum atomic E-state index is 13.5. The van der Waals surface area contributed by atoms with Gasteiger partial charge in [-0.25, -0.2) is 19.2 Å². The molecule has 3 aromatic rings. The van der Waals surface area contributed by atoms with E-state index in [1.165, 1.54) is 6.33 Å². The summed E-state index contributed by atoms with van der Waals surface area (Å²) in [7, 11) is -3.91. The predicted molar refractivity (Wildman–Crippen MR) is 129 cm³/mol. The van der Waals surface area contributed by atoms with Crippen molar-refractivity contribution in [3.63, 3.8) is 0 Å². The number of carbonyl (C=O) groups excluding carboxylic acids is 1. The summed E-state index contributed by atoms with van der Waals surface area (Å²) in [5, 5.41) is 6.90. The molecular weight excluding hydrogens is 473 g/mol. The number of para-hydroxylation sites is 1.